The van der Waals surface area contributed by atoms with Crippen LogP contribution in [0.5, 0.6) is 0 Å². The standard InChI is InChI=1S/C24H41NO6.C22H35NO6/c1-11-12-24(7,27-10)21(17(4)19-14-20(26)31-23(5,6)30-19)29-22-16(3)18(25(8)9)13-15(2)28-22;1-13(9-10-24)20(16(4)18-12-19(25)29-22(5,6)28-18)27-21-15(3)17(23(7)8)11-14(2)26-21/h11,14-18,21-22H,1,12-13H2,2-10H3;9-10,12,14-17,20-21H,11H2,1-8H3/b;13-9+/t15?,16?,17-,18?,21-,22+,24-;14?,15?,16-,17?,20+,21+/m11/s1. The largest absolute Gasteiger partial charge is 0.456 e. The van der Waals surface area contributed by atoms with Crippen LogP contribution in [-0.4, -0.2) is 130 Å². The molecule has 2 saturated heterocycles. The summed E-state index contributed by atoms with van der Waals surface area (Å²) in [4.78, 5) is 39.7. The predicted octanol–water partition coefficient (Wildman–Crippen LogP) is 6.93. The van der Waals surface area contributed by atoms with E-state index in [9.17, 15) is 14.4 Å². The van der Waals surface area contributed by atoms with Gasteiger partial charge in [0, 0.05) is 70.6 Å². The first-order chi connectivity index (χ1) is 27.8. The number of carbonyl (C=O) groups excluding carboxylic acids is 3. The van der Waals surface area contributed by atoms with E-state index in [1.54, 1.807) is 34.8 Å². The third-order valence-electron chi connectivity index (χ3n) is 12.0. The van der Waals surface area contributed by atoms with Crippen molar-refractivity contribution < 1.29 is 57.0 Å². The lowest BCUT2D eigenvalue weighted by Gasteiger charge is -2.47. The topological polar surface area (TPSA) is 141 Å². The molecule has 14 heteroatoms. The smallest absolute Gasteiger partial charge is 0.337 e. The number of aldehydes is 1. The third kappa shape index (κ3) is 13.4. The number of hydrogen-bond acceptors (Lipinski definition) is 14. The first-order valence-corrected chi connectivity index (χ1v) is 21.3. The summed E-state index contributed by atoms with van der Waals surface area (Å²) in [5, 5.41) is 0. The number of hydrogen-bond donors (Lipinski definition) is 0. The van der Waals surface area contributed by atoms with Crippen molar-refractivity contribution in [1.82, 2.24) is 9.80 Å². The fourth-order valence-corrected chi connectivity index (χ4v) is 8.66. The highest BCUT2D eigenvalue weighted by Gasteiger charge is 2.47. The molecule has 13 atom stereocenters. The quantitative estimate of drug-likeness (QED) is 0.0686. The summed E-state index contributed by atoms with van der Waals surface area (Å²) in [5.74, 6) is -2.33. The zero-order valence-electron chi connectivity index (χ0n) is 39.4. The molecule has 0 N–H and O–H groups in total. The van der Waals surface area contributed by atoms with Crippen LogP contribution in [0.25, 0.3) is 0 Å². The van der Waals surface area contributed by atoms with E-state index in [0.717, 1.165) is 24.7 Å². The number of esters is 2. The Kier molecular flexibility index (Phi) is 18.2. The Hall–Kier alpha value is -3.11. The molecular formula is C46H76N2O12. The molecular weight excluding hydrogens is 773 g/mol. The molecule has 2 fully saturated rings. The average Bonchev–Trinajstić information content (AvgIpc) is 3.13. The first kappa shape index (κ1) is 51.2. The van der Waals surface area contributed by atoms with E-state index >= 15 is 0 Å². The van der Waals surface area contributed by atoms with Gasteiger partial charge in [0.05, 0.1) is 42.2 Å². The Balaban J connectivity index is 0.000000321. The van der Waals surface area contributed by atoms with Gasteiger partial charge in [0.2, 0.25) is 11.6 Å². The van der Waals surface area contributed by atoms with Gasteiger partial charge in [-0.1, -0.05) is 33.8 Å². The van der Waals surface area contributed by atoms with E-state index < -0.39 is 53.9 Å². The van der Waals surface area contributed by atoms with E-state index in [4.69, 9.17) is 42.6 Å². The van der Waals surface area contributed by atoms with Gasteiger partial charge in [-0.25, -0.2) is 9.59 Å². The van der Waals surface area contributed by atoms with Crippen molar-refractivity contribution in [3.05, 3.63) is 48.0 Å². The number of cyclic esters (lactones) is 2. The maximum absolute atomic E-state index is 12.2. The van der Waals surface area contributed by atoms with Gasteiger partial charge in [-0.15, -0.1) is 6.58 Å². The van der Waals surface area contributed by atoms with E-state index in [1.165, 1.54) is 18.2 Å². The van der Waals surface area contributed by atoms with Crippen molar-refractivity contribution in [2.24, 2.45) is 23.7 Å². The van der Waals surface area contributed by atoms with E-state index in [-0.39, 0.29) is 35.9 Å². The lowest BCUT2D eigenvalue weighted by atomic mass is 9.84. The first-order valence-electron chi connectivity index (χ1n) is 21.3. The van der Waals surface area contributed by atoms with E-state index in [2.05, 4.69) is 65.3 Å². The number of allylic oxidation sites excluding steroid dienone is 1. The second-order valence-corrected chi connectivity index (χ2v) is 18.6. The van der Waals surface area contributed by atoms with Crippen LogP contribution in [0.2, 0.25) is 0 Å². The molecule has 0 aromatic heterocycles. The monoisotopic (exact) mass is 849 g/mol. The number of nitrogens with zero attached hydrogens (tertiary/aromatic N) is 2. The molecule has 4 heterocycles. The Morgan fingerprint density at radius 2 is 1.25 bits per heavy atom. The van der Waals surface area contributed by atoms with Gasteiger partial charge in [0.25, 0.3) is 0 Å². The Labute approximate surface area is 359 Å². The average molecular weight is 849 g/mol. The fourth-order valence-electron chi connectivity index (χ4n) is 8.66. The normalized spacial score (nSPS) is 32.2. The maximum Gasteiger partial charge on any atom is 0.337 e. The molecule has 4 rings (SSSR count). The minimum Gasteiger partial charge on any atom is -0.456 e. The van der Waals surface area contributed by atoms with Crippen LogP contribution in [-0.2, 0) is 57.0 Å². The molecule has 0 aliphatic carbocycles. The molecule has 0 bridgehead atoms. The van der Waals surface area contributed by atoms with Crippen molar-refractivity contribution in [3.63, 3.8) is 0 Å². The summed E-state index contributed by atoms with van der Waals surface area (Å²) in [6.45, 7) is 26.8. The van der Waals surface area contributed by atoms with Gasteiger partial charge in [-0.3, -0.25) is 4.79 Å². The van der Waals surface area contributed by atoms with Gasteiger partial charge in [-0.05, 0) is 86.8 Å². The second-order valence-electron chi connectivity index (χ2n) is 18.6. The van der Waals surface area contributed by atoms with E-state index in [0.29, 0.717) is 30.0 Å². The van der Waals surface area contributed by atoms with Crippen LogP contribution >= 0.6 is 0 Å². The van der Waals surface area contributed by atoms with E-state index in [1.807, 2.05) is 40.7 Å². The van der Waals surface area contributed by atoms with Crippen molar-refractivity contribution in [2.45, 2.75) is 169 Å². The molecule has 4 aliphatic heterocycles. The minimum absolute atomic E-state index is 0.0500. The summed E-state index contributed by atoms with van der Waals surface area (Å²) in [7, 11) is 9.95. The van der Waals surface area contributed by atoms with Crippen LogP contribution in [0.1, 0.15) is 102 Å². The van der Waals surface area contributed by atoms with Gasteiger partial charge < -0.3 is 52.4 Å². The lowest BCUT2D eigenvalue weighted by Crippen LogP contribution is -2.55. The molecule has 0 saturated carbocycles. The van der Waals surface area contributed by atoms with Crippen LogP contribution in [0.4, 0.5) is 0 Å². The lowest BCUT2D eigenvalue weighted by molar-refractivity contribution is -0.282. The molecule has 0 spiro atoms. The minimum atomic E-state index is -1.05. The number of methoxy groups -OCH3 is 1. The predicted molar refractivity (Wildman–Crippen MR) is 228 cm³/mol. The van der Waals surface area contributed by atoms with Gasteiger partial charge >= 0.3 is 11.9 Å². The van der Waals surface area contributed by atoms with Crippen LogP contribution in [0.15, 0.2) is 48.0 Å². The van der Waals surface area contributed by atoms with Crippen molar-refractivity contribution >= 4 is 18.2 Å². The summed E-state index contributed by atoms with van der Waals surface area (Å²) in [6, 6.07) is 0.645. The van der Waals surface area contributed by atoms with Gasteiger partial charge in [0.15, 0.2) is 12.6 Å². The van der Waals surface area contributed by atoms with Gasteiger partial charge in [-0.2, -0.15) is 0 Å². The zero-order valence-corrected chi connectivity index (χ0v) is 39.4. The molecule has 0 aromatic carbocycles. The molecule has 60 heavy (non-hydrogen) atoms. The Morgan fingerprint density at radius 1 is 0.817 bits per heavy atom. The highest BCUT2D eigenvalue weighted by atomic mass is 16.7. The molecule has 0 amide bonds. The second kappa shape index (κ2) is 21.3. The molecule has 6 unspecified atom stereocenters. The maximum atomic E-state index is 12.2. The third-order valence-corrected chi connectivity index (χ3v) is 12.0. The molecule has 4 aliphatic rings. The zero-order chi connectivity index (χ0) is 45.5. The summed E-state index contributed by atoms with van der Waals surface area (Å²) >= 11 is 0. The van der Waals surface area contributed by atoms with Crippen LogP contribution in [0, 0.1) is 23.7 Å². The van der Waals surface area contributed by atoms with Crippen molar-refractivity contribution in [2.75, 3.05) is 35.3 Å². The highest BCUT2D eigenvalue weighted by molar-refractivity contribution is 5.84. The van der Waals surface area contributed by atoms with Gasteiger partial charge in [0.1, 0.15) is 17.8 Å². The molecule has 0 radical (unpaired) electrons. The molecule has 342 valence electrons. The van der Waals surface area contributed by atoms with Crippen LogP contribution < -0.4 is 0 Å². The molecule has 0 aromatic rings. The van der Waals surface area contributed by atoms with Crippen LogP contribution in [0.3, 0.4) is 0 Å². The van der Waals surface area contributed by atoms with Crippen molar-refractivity contribution in [1.29, 1.82) is 0 Å². The summed E-state index contributed by atoms with van der Waals surface area (Å²) in [6.07, 6.45) is 7.50. The Bertz CT molecular complexity index is 1570. The molecule has 14 nitrogen and oxygen atoms in total. The fraction of sp³-hybridized carbons (Fsp3) is 0.761. The number of carbonyl (C=O) groups is 3. The van der Waals surface area contributed by atoms with Crippen molar-refractivity contribution in [3.8, 4) is 0 Å². The Morgan fingerprint density at radius 3 is 1.63 bits per heavy atom. The number of rotatable bonds is 16. The number of ether oxygens (including phenoxy) is 9. The summed E-state index contributed by atoms with van der Waals surface area (Å²) < 4.78 is 53.8. The highest BCUT2D eigenvalue weighted by Crippen LogP contribution is 2.40. The SMILES string of the molecule is C/C(=C\C=O)[C@H](O[C@@H]1OC(C)CC(N(C)C)C1C)[C@H](C)C1=CC(=O)OC(C)(C)O1.C=CC[C@@](C)(OC)[C@H](O[C@@H]1OC(C)CC(N(C)C)C1C)[C@H](C)C1=CC(=O)OC(C)(C)O1. The summed E-state index contributed by atoms with van der Waals surface area (Å²) in [5.41, 5.74) is 0.0398.